The minimum Gasteiger partial charge on any atom is -0.462 e. The molecule has 0 aliphatic carbocycles. The Kier molecular flexibility index (Phi) is 39.6. The highest BCUT2D eigenvalue weighted by atomic mass is 32.2. The molecule has 1 fully saturated rings. The maximum atomic E-state index is 12.9. The molecule has 1 rings (SSSR count). The van der Waals surface area contributed by atoms with Crippen molar-refractivity contribution in [2.75, 3.05) is 19.0 Å². The Morgan fingerprint density at radius 3 is 1.14 bits per heavy atom. The number of carbonyl (C=O) groups excluding carboxylic acids is 2. The number of carbonyl (C=O) groups is 2. The third-order valence-electron chi connectivity index (χ3n) is 12.7. The van der Waals surface area contributed by atoms with Crippen LogP contribution in [-0.2, 0) is 38.7 Å². The van der Waals surface area contributed by atoms with E-state index in [0.29, 0.717) is 12.8 Å². The number of hydrogen-bond acceptors (Lipinski definition) is 11. The van der Waals surface area contributed by atoms with Crippen LogP contribution in [0.25, 0.3) is 0 Å². The maximum absolute atomic E-state index is 12.9. The van der Waals surface area contributed by atoms with Gasteiger partial charge in [-0.2, -0.15) is 8.42 Å². The average molecular weight is 935 g/mol. The monoisotopic (exact) mass is 935 g/mol. The van der Waals surface area contributed by atoms with Crippen LogP contribution in [0.1, 0.15) is 258 Å². The number of esters is 2. The predicted molar refractivity (Wildman–Crippen MR) is 257 cm³/mol. The van der Waals surface area contributed by atoms with E-state index in [1.165, 1.54) is 180 Å². The molecular weight excluding hydrogens is 837 g/mol. The van der Waals surface area contributed by atoms with Crippen molar-refractivity contribution in [3.63, 3.8) is 0 Å². The molecule has 0 bridgehead atoms. The lowest BCUT2D eigenvalue weighted by Gasteiger charge is -2.40. The maximum Gasteiger partial charge on any atom is 0.306 e. The highest BCUT2D eigenvalue weighted by Crippen LogP contribution is 2.24. The van der Waals surface area contributed by atoms with Crippen molar-refractivity contribution in [1.82, 2.24) is 0 Å². The van der Waals surface area contributed by atoms with E-state index in [-0.39, 0.29) is 19.4 Å². The average Bonchev–Trinajstić information content (AvgIpc) is 3.26. The van der Waals surface area contributed by atoms with Crippen LogP contribution in [0.4, 0.5) is 0 Å². The van der Waals surface area contributed by atoms with Gasteiger partial charge in [0.2, 0.25) is 0 Å². The van der Waals surface area contributed by atoms with Gasteiger partial charge in [0, 0.05) is 12.8 Å². The molecule has 12 nitrogen and oxygen atoms in total. The number of ether oxygens (including phenoxy) is 4. The smallest absolute Gasteiger partial charge is 0.306 e. The Balaban J connectivity index is 2.32. The van der Waals surface area contributed by atoms with Crippen molar-refractivity contribution < 1.29 is 56.8 Å². The molecule has 1 heterocycles. The molecule has 1 aliphatic rings. The third-order valence-corrected chi connectivity index (χ3v) is 13.4. The molecular formula is C51H98O12S. The standard InChI is InChI=1S/C51H98O12S/c1-3-5-7-9-11-13-15-17-19-20-21-22-23-24-26-27-29-31-33-35-37-39-46(52)60-41-44(42-61-51-50(56)49(55)48(54)45(63-51)43-64(57,58)59)62-47(53)40-38-36-34-32-30-28-25-18-16-14-12-10-8-6-4-2/h44-45,48-51,54-56H,3-43H2,1-2H3,(H,57,58,59)/t44-,45-,48-,49?,50?,51+/m1/s1. The molecule has 0 amide bonds. The SMILES string of the molecule is CCCCCCCCCCCCCCCCCCCCCCCC(=O)OC[C@H](CO[C@H]1O[C@H](CS(=O)(=O)O)[C@@H](O)C(O)C1O)OC(=O)CCCCCCCCCCCCCCCCC. The van der Waals surface area contributed by atoms with Crippen LogP contribution in [0, 0.1) is 0 Å². The fraction of sp³-hybridized carbons (Fsp3) is 0.961. The van der Waals surface area contributed by atoms with E-state index >= 15 is 0 Å². The summed E-state index contributed by atoms with van der Waals surface area (Å²) in [5.41, 5.74) is 0. The molecule has 0 radical (unpaired) electrons. The van der Waals surface area contributed by atoms with Gasteiger partial charge in [-0.3, -0.25) is 14.1 Å². The summed E-state index contributed by atoms with van der Waals surface area (Å²) >= 11 is 0. The first kappa shape index (κ1) is 60.7. The second-order valence-corrected chi connectivity index (χ2v) is 20.4. The van der Waals surface area contributed by atoms with Gasteiger partial charge in [-0.05, 0) is 12.8 Å². The first-order valence-corrected chi connectivity index (χ1v) is 28.2. The minimum absolute atomic E-state index is 0.173. The third kappa shape index (κ3) is 35.8. The predicted octanol–water partition coefficient (Wildman–Crippen LogP) is 12.0. The largest absolute Gasteiger partial charge is 0.462 e. The van der Waals surface area contributed by atoms with Gasteiger partial charge in [0.1, 0.15) is 36.8 Å². The number of aliphatic hydroxyl groups excluding tert-OH is 3. The van der Waals surface area contributed by atoms with E-state index in [9.17, 15) is 37.9 Å². The van der Waals surface area contributed by atoms with Gasteiger partial charge in [0.05, 0.1) is 6.61 Å². The Labute approximate surface area is 391 Å². The van der Waals surface area contributed by atoms with Crippen LogP contribution in [0.3, 0.4) is 0 Å². The van der Waals surface area contributed by atoms with Crippen LogP contribution < -0.4 is 0 Å². The molecule has 0 aromatic carbocycles. The fourth-order valence-electron chi connectivity index (χ4n) is 8.56. The number of unbranched alkanes of at least 4 members (excludes halogenated alkanes) is 34. The van der Waals surface area contributed by atoms with Gasteiger partial charge in [-0.25, -0.2) is 0 Å². The molecule has 0 spiro atoms. The summed E-state index contributed by atoms with van der Waals surface area (Å²) in [5.74, 6) is -1.96. The zero-order valence-corrected chi connectivity index (χ0v) is 41.7. The molecule has 0 aromatic heterocycles. The number of hydrogen-bond donors (Lipinski definition) is 4. The van der Waals surface area contributed by atoms with Crippen LogP contribution in [0.2, 0.25) is 0 Å². The van der Waals surface area contributed by atoms with E-state index in [4.69, 9.17) is 18.9 Å². The fourth-order valence-corrected chi connectivity index (χ4v) is 9.25. The van der Waals surface area contributed by atoms with Crippen molar-refractivity contribution in [2.24, 2.45) is 0 Å². The van der Waals surface area contributed by atoms with Gasteiger partial charge in [0.25, 0.3) is 10.1 Å². The molecule has 0 aromatic rings. The highest BCUT2D eigenvalue weighted by Gasteiger charge is 2.46. The van der Waals surface area contributed by atoms with Crippen molar-refractivity contribution in [3.05, 3.63) is 0 Å². The summed E-state index contributed by atoms with van der Waals surface area (Å²) in [7, 11) is -4.60. The summed E-state index contributed by atoms with van der Waals surface area (Å²) in [5, 5.41) is 31.0. The van der Waals surface area contributed by atoms with Crippen LogP contribution in [0.15, 0.2) is 0 Å². The van der Waals surface area contributed by atoms with E-state index in [1.807, 2.05) is 0 Å². The van der Waals surface area contributed by atoms with Crippen LogP contribution in [0.5, 0.6) is 0 Å². The lowest BCUT2D eigenvalue weighted by molar-refractivity contribution is -0.297. The normalized spacial score (nSPS) is 19.5. The first-order chi connectivity index (χ1) is 31.0. The van der Waals surface area contributed by atoms with E-state index in [0.717, 1.165) is 38.5 Å². The highest BCUT2D eigenvalue weighted by molar-refractivity contribution is 7.85. The molecule has 0 saturated carbocycles. The Morgan fingerprint density at radius 2 is 0.797 bits per heavy atom. The lowest BCUT2D eigenvalue weighted by Crippen LogP contribution is -2.60. The molecule has 6 atom stereocenters. The summed E-state index contributed by atoms with van der Waals surface area (Å²) in [6, 6.07) is 0. The van der Waals surface area contributed by atoms with E-state index in [1.54, 1.807) is 0 Å². The first-order valence-electron chi connectivity index (χ1n) is 26.6. The zero-order valence-electron chi connectivity index (χ0n) is 40.9. The molecule has 1 aliphatic heterocycles. The summed E-state index contributed by atoms with van der Waals surface area (Å²) in [6.45, 7) is 3.81. The lowest BCUT2D eigenvalue weighted by atomic mass is 10.00. The Hall–Kier alpha value is -1.35. The minimum atomic E-state index is -4.60. The summed E-state index contributed by atoms with van der Waals surface area (Å²) in [4.78, 5) is 25.5. The molecule has 13 heteroatoms. The summed E-state index contributed by atoms with van der Waals surface area (Å²) in [6.07, 6.45) is 35.7. The number of rotatable bonds is 46. The van der Waals surface area contributed by atoms with Gasteiger partial charge in [0.15, 0.2) is 12.4 Å². The van der Waals surface area contributed by atoms with E-state index in [2.05, 4.69) is 13.8 Å². The van der Waals surface area contributed by atoms with Gasteiger partial charge in [-0.15, -0.1) is 0 Å². The molecule has 2 unspecified atom stereocenters. The number of aliphatic hydroxyl groups is 3. The quantitative estimate of drug-likeness (QED) is 0.0257. The molecule has 1 saturated heterocycles. The van der Waals surface area contributed by atoms with Crippen LogP contribution in [-0.4, -0.2) is 96.0 Å². The van der Waals surface area contributed by atoms with E-state index < -0.39 is 71.2 Å². The molecule has 4 N–H and O–H groups in total. The van der Waals surface area contributed by atoms with Gasteiger partial charge < -0.3 is 34.3 Å². The molecule has 380 valence electrons. The van der Waals surface area contributed by atoms with Crippen molar-refractivity contribution >= 4 is 22.1 Å². The van der Waals surface area contributed by atoms with Gasteiger partial charge in [-0.1, -0.05) is 232 Å². The van der Waals surface area contributed by atoms with Crippen molar-refractivity contribution in [2.45, 2.75) is 295 Å². The Morgan fingerprint density at radius 1 is 0.469 bits per heavy atom. The van der Waals surface area contributed by atoms with Crippen molar-refractivity contribution in [3.8, 4) is 0 Å². The second-order valence-electron chi connectivity index (χ2n) is 18.9. The molecule has 64 heavy (non-hydrogen) atoms. The second kappa shape index (κ2) is 41.8. The Bertz CT molecular complexity index is 1190. The van der Waals surface area contributed by atoms with Crippen molar-refractivity contribution in [1.29, 1.82) is 0 Å². The summed E-state index contributed by atoms with van der Waals surface area (Å²) < 4.78 is 54.3. The zero-order chi connectivity index (χ0) is 46.9. The van der Waals surface area contributed by atoms with Crippen LogP contribution >= 0.6 is 0 Å². The topological polar surface area (TPSA) is 186 Å². The van der Waals surface area contributed by atoms with Gasteiger partial charge >= 0.3 is 11.9 Å².